The molecule has 2 aliphatic heterocycles. The van der Waals surface area contributed by atoms with E-state index < -0.39 is 86.8 Å². The third-order valence-electron chi connectivity index (χ3n) is 18.4. The number of hydrogen-bond donors (Lipinski definition) is 9. The van der Waals surface area contributed by atoms with E-state index in [0.717, 1.165) is 70.6 Å². The molecule has 88 heavy (non-hydrogen) atoms. The van der Waals surface area contributed by atoms with E-state index in [0.29, 0.717) is 12.8 Å². The fraction of sp³-hybridized carbons (Fsp3) is 0.905. The van der Waals surface area contributed by atoms with Crippen molar-refractivity contribution in [3.8, 4) is 0 Å². The van der Waals surface area contributed by atoms with Gasteiger partial charge in [0.2, 0.25) is 5.91 Å². The highest BCUT2D eigenvalue weighted by atomic mass is 16.7. The third-order valence-corrected chi connectivity index (χ3v) is 18.4. The first-order valence-corrected chi connectivity index (χ1v) is 37.2. The van der Waals surface area contributed by atoms with Gasteiger partial charge in [0, 0.05) is 6.42 Å². The topological polar surface area (TPSA) is 228 Å². The maximum atomic E-state index is 13.4. The van der Waals surface area contributed by atoms with Crippen molar-refractivity contribution in [2.45, 2.75) is 408 Å². The zero-order chi connectivity index (χ0) is 63.8. The fourth-order valence-electron chi connectivity index (χ4n) is 12.4. The van der Waals surface area contributed by atoms with Gasteiger partial charge in [0.1, 0.15) is 48.8 Å². The van der Waals surface area contributed by atoms with Crippen LogP contribution in [0.1, 0.15) is 335 Å². The summed E-state index contributed by atoms with van der Waals surface area (Å²) in [5.41, 5.74) is 0. The second-order valence-corrected chi connectivity index (χ2v) is 26.4. The minimum atomic E-state index is -1.78. The number of carbonyl (C=O) groups excluding carboxylic acids is 1. The third kappa shape index (κ3) is 42.4. The van der Waals surface area contributed by atoms with Crippen LogP contribution in [0.3, 0.4) is 0 Å². The van der Waals surface area contributed by atoms with Gasteiger partial charge < -0.3 is 65.1 Å². The molecule has 2 aliphatic rings. The van der Waals surface area contributed by atoms with Gasteiger partial charge in [-0.15, -0.1) is 0 Å². The van der Waals surface area contributed by atoms with Crippen LogP contribution in [0.25, 0.3) is 0 Å². The molecule has 2 rings (SSSR count). The van der Waals surface area contributed by atoms with Gasteiger partial charge in [-0.1, -0.05) is 314 Å². The molecular formula is C74H139NO13. The lowest BCUT2D eigenvalue weighted by molar-refractivity contribution is -0.359. The number of allylic oxidation sites excluding steroid dienone is 6. The number of aliphatic hydroxyl groups is 8. The molecule has 1 amide bonds. The molecule has 12 atom stereocenters. The van der Waals surface area contributed by atoms with Crippen molar-refractivity contribution < 1.29 is 64.6 Å². The van der Waals surface area contributed by atoms with Gasteiger partial charge in [-0.05, 0) is 51.4 Å². The summed E-state index contributed by atoms with van der Waals surface area (Å²) < 4.78 is 22.9. The molecule has 0 aromatic heterocycles. The number of carbonyl (C=O) groups is 1. The van der Waals surface area contributed by atoms with Crippen LogP contribution in [0.4, 0.5) is 0 Å². The minimum absolute atomic E-state index is 0.206. The highest BCUT2D eigenvalue weighted by molar-refractivity contribution is 5.76. The predicted octanol–water partition coefficient (Wildman–Crippen LogP) is 15.7. The molecule has 2 heterocycles. The van der Waals surface area contributed by atoms with Crippen LogP contribution >= 0.6 is 0 Å². The van der Waals surface area contributed by atoms with Crippen LogP contribution in [0.2, 0.25) is 0 Å². The lowest BCUT2D eigenvalue weighted by atomic mass is 9.97. The lowest BCUT2D eigenvalue weighted by Gasteiger charge is -2.46. The van der Waals surface area contributed by atoms with E-state index >= 15 is 0 Å². The smallest absolute Gasteiger partial charge is 0.220 e. The summed E-state index contributed by atoms with van der Waals surface area (Å²) in [5.74, 6) is -0.206. The zero-order valence-electron chi connectivity index (χ0n) is 56.5. The van der Waals surface area contributed by atoms with Crippen molar-refractivity contribution in [2.75, 3.05) is 19.8 Å². The first-order valence-electron chi connectivity index (χ1n) is 37.2. The quantitative estimate of drug-likeness (QED) is 0.0204. The van der Waals surface area contributed by atoms with E-state index in [1.807, 2.05) is 0 Å². The number of aliphatic hydroxyl groups excluding tert-OH is 8. The van der Waals surface area contributed by atoms with E-state index in [1.165, 1.54) is 238 Å². The Labute approximate surface area is 538 Å². The van der Waals surface area contributed by atoms with Crippen LogP contribution in [0, 0.1) is 0 Å². The molecule has 9 N–H and O–H groups in total. The average Bonchev–Trinajstić information content (AvgIpc) is 2.07. The molecule has 0 radical (unpaired) electrons. The number of amides is 1. The number of hydrogen-bond acceptors (Lipinski definition) is 13. The monoisotopic (exact) mass is 1250 g/mol. The molecule has 0 aliphatic carbocycles. The maximum Gasteiger partial charge on any atom is 0.220 e. The number of rotatable bonds is 62. The SMILES string of the molecule is CCCCCCC/C=C\C/C=C\C/C=C\CCCCCCCCCCCCC(=O)NC(COC1OC(CO)C(OC2OC(CO)C(O)C(O)C2O)C(O)C1O)C(O)CCCCCCCCCCCCCCCCCCCCCCCCCCCCCCC. The molecule has 0 saturated carbocycles. The average molecular weight is 1250 g/mol. The number of nitrogens with one attached hydrogen (secondary N) is 1. The van der Waals surface area contributed by atoms with Gasteiger partial charge in [0.05, 0.1) is 32.0 Å². The summed E-state index contributed by atoms with van der Waals surface area (Å²) in [4.78, 5) is 13.4. The molecule has 518 valence electrons. The van der Waals surface area contributed by atoms with E-state index in [-0.39, 0.29) is 12.5 Å². The van der Waals surface area contributed by atoms with Gasteiger partial charge in [-0.2, -0.15) is 0 Å². The summed E-state index contributed by atoms with van der Waals surface area (Å²) >= 11 is 0. The summed E-state index contributed by atoms with van der Waals surface area (Å²) in [6.07, 6.45) is 58.8. The first kappa shape index (κ1) is 82.3. The van der Waals surface area contributed by atoms with Crippen molar-refractivity contribution in [1.29, 1.82) is 0 Å². The van der Waals surface area contributed by atoms with Gasteiger partial charge in [0.15, 0.2) is 12.6 Å². The Morgan fingerprint density at radius 2 is 0.750 bits per heavy atom. The summed E-state index contributed by atoms with van der Waals surface area (Å²) in [5, 5.41) is 87.7. The van der Waals surface area contributed by atoms with Gasteiger partial charge in [-0.3, -0.25) is 4.79 Å². The van der Waals surface area contributed by atoms with Crippen molar-refractivity contribution >= 4 is 5.91 Å². The maximum absolute atomic E-state index is 13.4. The molecule has 0 aromatic rings. The summed E-state index contributed by atoms with van der Waals surface area (Å²) in [6, 6.07) is -0.833. The Morgan fingerprint density at radius 1 is 0.409 bits per heavy atom. The van der Waals surface area contributed by atoms with Crippen LogP contribution in [0.5, 0.6) is 0 Å². The highest BCUT2D eigenvalue weighted by Crippen LogP contribution is 2.30. The Balaban J connectivity index is 1.65. The second-order valence-electron chi connectivity index (χ2n) is 26.4. The molecular weight excluding hydrogens is 1110 g/mol. The largest absolute Gasteiger partial charge is 0.394 e. The molecule has 2 saturated heterocycles. The summed E-state index contributed by atoms with van der Waals surface area (Å²) in [6.45, 7) is 2.90. The van der Waals surface area contributed by atoms with E-state index in [4.69, 9.17) is 18.9 Å². The van der Waals surface area contributed by atoms with E-state index in [2.05, 4.69) is 55.6 Å². The Morgan fingerprint density at radius 3 is 1.15 bits per heavy atom. The zero-order valence-corrected chi connectivity index (χ0v) is 56.5. The summed E-state index contributed by atoms with van der Waals surface area (Å²) in [7, 11) is 0. The van der Waals surface area contributed by atoms with Crippen LogP contribution in [-0.4, -0.2) is 140 Å². The van der Waals surface area contributed by atoms with Crippen molar-refractivity contribution in [1.82, 2.24) is 5.32 Å². The van der Waals surface area contributed by atoms with E-state index in [9.17, 15) is 45.6 Å². The molecule has 12 unspecified atom stereocenters. The Bertz CT molecular complexity index is 1620. The fourth-order valence-corrected chi connectivity index (χ4v) is 12.4. The van der Waals surface area contributed by atoms with E-state index in [1.54, 1.807) is 0 Å². The molecule has 0 spiro atoms. The van der Waals surface area contributed by atoms with Crippen LogP contribution in [-0.2, 0) is 23.7 Å². The minimum Gasteiger partial charge on any atom is -0.394 e. The van der Waals surface area contributed by atoms with Crippen molar-refractivity contribution in [3.63, 3.8) is 0 Å². The van der Waals surface area contributed by atoms with Crippen molar-refractivity contribution in [2.24, 2.45) is 0 Å². The first-order chi connectivity index (χ1) is 43.1. The molecule has 2 fully saturated rings. The van der Waals surface area contributed by atoms with Gasteiger partial charge in [0.25, 0.3) is 0 Å². The molecule has 0 aromatic carbocycles. The highest BCUT2D eigenvalue weighted by Gasteiger charge is 2.51. The Hall–Kier alpha value is -1.79. The number of ether oxygens (including phenoxy) is 4. The lowest BCUT2D eigenvalue weighted by Crippen LogP contribution is -2.65. The number of unbranched alkanes of at least 4 members (excludes halogenated alkanes) is 43. The van der Waals surface area contributed by atoms with Gasteiger partial charge >= 0.3 is 0 Å². The van der Waals surface area contributed by atoms with Crippen molar-refractivity contribution in [3.05, 3.63) is 36.5 Å². The van der Waals surface area contributed by atoms with Crippen LogP contribution < -0.4 is 5.32 Å². The molecule has 14 heteroatoms. The Kier molecular flexibility index (Phi) is 55.2. The standard InChI is InChI=1S/C74H139NO13/c1-3-5-7-9-11-13-15-17-19-21-23-25-27-29-30-31-32-34-35-37-39-41-43-45-47-49-51-53-55-57-63(78)62(61-85-73-71(84)69(82)72(65(60-77)87-73)88-74-70(83)68(81)67(80)64(59-76)86-74)75-66(79)58-56-54-52-50-48-46-44-42-40-38-36-33-28-26-24-22-20-18-16-14-12-10-8-6-4-2/h16,18,22,24,28,33,62-65,67-74,76-78,80-84H,3-15,17,19-21,23,25-27,29-32,34-61H2,1-2H3,(H,75,79)/b18-16-,24-22-,33-28-. The second kappa shape index (κ2) is 59.0. The molecule has 14 nitrogen and oxygen atoms in total. The predicted molar refractivity (Wildman–Crippen MR) is 360 cm³/mol. The normalized spacial score (nSPS) is 23.3. The van der Waals surface area contributed by atoms with Gasteiger partial charge in [-0.25, -0.2) is 0 Å². The van der Waals surface area contributed by atoms with Crippen LogP contribution in [0.15, 0.2) is 36.5 Å². The molecule has 0 bridgehead atoms.